The summed E-state index contributed by atoms with van der Waals surface area (Å²) in [5, 5.41) is 8.98. The molecule has 0 aliphatic heterocycles. The number of aromatic nitrogens is 1. The quantitative estimate of drug-likeness (QED) is 0.580. The number of hydrogen-bond donors (Lipinski definition) is 0. The summed E-state index contributed by atoms with van der Waals surface area (Å²) in [6.07, 6.45) is 2.90. The van der Waals surface area contributed by atoms with E-state index in [-0.39, 0.29) is 5.97 Å². The van der Waals surface area contributed by atoms with Gasteiger partial charge >= 0.3 is 5.97 Å². The van der Waals surface area contributed by atoms with Gasteiger partial charge in [-0.05, 0) is 19.9 Å². The Bertz CT molecular complexity index is 429. The van der Waals surface area contributed by atoms with Crippen LogP contribution in [0, 0.1) is 18.3 Å². The average molecular weight is 222 g/mol. The zero-order chi connectivity index (χ0) is 11.3. The maximum Gasteiger partial charge on any atom is 0.350 e. The first-order valence-electron chi connectivity index (χ1n) is 4.39. The number of nitriles is 1. The molecular weight excluding hydrogens is 212 g/mol. The number of hydrogen-bond acceptors (Lipinski definition) is 5. The summed E-state index contributed by atoms with van der Waals surface area (Å²) >= 11 is 1.22. The lowest BCUT2D eigenvalue weighted by Crippen LogP contribution is -2.03. The molecule has 0 radical (unpaired) electrons. The summed E-state index contributed by atoms with van der Waals surface area (Å²) in [7, 11) is 0. The molecule has 0 atom stereocenters. The van der Waals surface area contributed by atoms with E-state index in [4.69, 9.17) is 10.00 Å². The summed E-state index contributed by atoms with van der Waals surface area (Å²) in [5.41, 5.74) is 0.635. The fourth-order valence-corrected chi connectivity index (χ4v) is 1.85. The van der Waals surface area contributed by atoms with Gasteiger partial charge in [0.05, 0.1) is 18.4 Å². The SMILES string of the molecule is CCOC(=O)c1sc(C=CC#N)nc1C. The maximum absolute atomic E-state index is 11.4. The molecule has 0 aliphatic rings. The number of rotatable bonds is 3. The predicted molar refractivity (Wildman–Crippen MR) is 57.5 cm³/mol. The van der Waals surface area contributed by atoms with Gasteiger partial charge in [0.1, 0.15) is 9.88 Å². The minimum Gasteiger partial charge on any atom is -0.462 e. The number of carbonyl (C=O) groups excluding carboxylic acids is 1. The lowest BCUT2D eigenvalue weighted by Gasteiger charge is -1.97. The number of ether oxygens (including phenoxy) is 1. The first-order valence-corrected chi connectivity index (χ1v) is 5.21. The highest BCUT2D eigenvalue weighted by Gasteiger charge is 2.14. The van der Waals surface area contributed by atoms with Gasteiger partial charge in [0.2, 0.25) is 0 Å². The molecule has 4 nitrogen and oxygen atoms in total. The van der Waals surface area contributed by atoms with Crippen LogP contribution < -0.4 is 0 Å². The van der Waals surface area contributed by atoms with Crippen LogP contribution in [0.2, 0.25) is 0 Å². The van der Waals surface area contributed by atoms with Gasteiger partial charge in [-0.3, -0.25) is 0 Å². The standard InChI is InChI=1S/C10H10N2O2S/c1-3-14-10(13)9-7(2)12-8(15-9)5-4-6-11/h4-5H,3H2,1-2H3. The van der Waals surface area contributed by atoms with Crippen molar-refractivity contribution in [1.82, 2.24) is 4.98 Å². The topological polar surface area (TPSA) is 63.0 Å². The highest BCUT2D eigenvalue weighted by atomic mass is 32.1. The Kier molecular flexibility index (Phi) is 4.01. The minimum absolute atomic E-state index is 0.347. The van der Waals surface area contributed by atoms with Crippen LogP contribution in [0.3, 0.4) is 0 Å². The van der Waals surface area contributed by atoms with E-state index in [1.807, 2.05) is 6.07 Å². The first kappa shape index (κ1) is 11.4. The molecule has 0 aromatic carbocycles. The molecule has 0 saturated heterocycles. The maximum atomic E-state index is 11.4. The smallest absolute Gasteiger partial charge is 0.350 e. The number of nitrogens with zero attached hydrogens (tertiary/aromatic N) is 2. The molecule has 1 heterocycles. The van der Waals surface area contributed by atoms with Crippen LogP contribution in [0.25, 0.3) is 6.08 Å². The van der Waals surface area contributed by atoms with Gasteiger partial charge < -0.3 is 4.74 Å². The monoisotopic (exact) mass is 222 g/mol. The second-order valence-electron chi connectivity index (χ2n) is 2.65. The predicted octanol–water partition coefficient (Wildman–Crippen LogP) is 2.17. The molecule has 0 unspecified atom stereocenters. The average Bonchev–Trinajstić information content (AvgIpc) is 2.57. The van der Waals surface area contributed by atoms with Gasteiger partial charge in [-0.1, -0.05) is 0 Å². The van der Waals surface area contributed by atoms with Crippen molar-refractivity contribution in [1.29, 1.82) is 5.26 Å². The first-order chi connectivity index (χ1) is 7.19. The van der Waals surface area contributed by atoms with Crippen molar-refractivity contribution in [3.63, 3.8) is 0 Å². The molecule has 0 saturated carbocycles. The largest absolute Gasteiger partial charge is 0.462 e. The van der Waals surface area contributed by atoms with Crippen molar-refractivity contribution >= 4 is 23.4 Å². The van der Waals surface area contributed by atoms with Crippen LogP contribution in [0.1, 0.15) is 27.3 Å². The van der Waals surface area contributed by atoms with Crippen molar-refractivity contribution < 1.29 is 9.53 Å². The Balaban J connectivity index is 2.92. The third-order valence-electron chi connectivity index (χ3n) is 1.57. The van der Waals surface area contributed by atoms with E-state index in [2.05, 4.69) is 4.98 Å². The van der Waals surface area contributed by atoms with Crippen LogP contribution >= 0.6 is 11.3 Å². The molecule has 78 valence electrons. The van der Waals surface area contributed by atoms with Crippen LogP contribution in [-0.4, -0.2) is 17.6 Å². The van der Waals surface area contributed by atoms with Crippen molar-refractivity contribution in [3.05, 3.63) is 21.7 Å². The van der Waals surface area contributed by atoms with Crippen LogP contribution in [0.15, 0.2) is 6.08 Å². The number of carbonyl (C=O) groups is 1. The molecule has 1 aromatic rings. The molecule has 0 bridgehead atoms. The summed E-state index contributed by atoms with van der Waals surface area (Å²) in [5.74, 6) is -0.357. The zero-order valence-corrected chi connectivity index (χ0v) is 9.30. The van der Waals surface area contributed by atoms with Gasteiger partial charge in [0.25, 0.3) is 0 Å². The number of esters is 1. The summed E-state index contributed by atoms with van der Waals surface area (Å²) in [6.45, 7) is 3.84. The highest BCUT2D eigenvalue weighted by molar-refractivity contribution is 7.14. The van der Waals surface area contributed by atoms with E-state index in [0.717, 1.165) is 0 Å². The van der Waals surface area contributed by atoms with Gasteiger partial charge in [0, 0.05) is 6.08 Å². The summed E-state index contributed by atoms with van der Waals surface area (Å²) in [6, 6.07) is 1.87. The molecular formula is C10H10N2O2S. The minimum atomic E-state index is -0.357. The number of allylic oxidation sites excluding steroid dienone is 1. The third-order valence-corrected chi connectivity index (χ3v) is 2.68. The van der Waals surface area contributed by atoms with E-state index in [1.165, 1.54) is 17.4 Å². The van der Waals surface area contributed by atoms with Crippen molar-refractivity contribution in [2.24, 2.45) is 0 Å². The molecule has 0 N–H and O–H groups in total. The molecule has 0 amide bonds. The zero-order valence-electron chi connectivity index (χ0n) is 8.48. The lowest BCUT2D eigenvalue weighted by atomic mass is 10.4. The number of aryl methyl sites for hydroxylation is 1. The second-order valence-corrected chi connectivity index (χ2v) is 3.68. The second kappa shape index (κ2) is 5.27. The summed E-state index contributed by atoms with van der Waals surface area (Å²) < 4.78 is 4.87. The molecule has 15 heavy (non-hydrogen) atoms. The summed E-state index contributed by atoms with van der Waals surface area (Å²) in [4.78, 5) is 16.0. The van der Waals surface area contributed by atoms with Gasteiger partial charge in [0.15, 0.2) is 0 Å². The normalized spacial score (nSPS) is 10.2. The van der Waals surface area contributed by atoms with Gasteiger partial charge in [-0.25, -0.2) is 9.78 Å². The van der Waals surface area contributed by atoms with E-state index in [1.54, 1.807) is 19.9 Å². The van der Waals surface area contributed by atoms with Crippen LogP contribution in [0.5, 0.6) is 0 Å². The van der Waals surface area contributed by atoms with Crippen LogP contribution in [0.4, 0.5) is 0 Å². The lowest BCUT2D eigenvalue weighted by molar-refractivity contribution is 0.0531. The van der Waals surface area contributed by atoms with E-state index in [0.29, 0.717) is 22.2 Å². The fraction of sp³-hybridized carbons (Fsp3) is 0.300. The van der Waals surface area contributed by atoms with Gasteiger partial charge in [-0.15, -0.1) is 11.3 Å². The Hall–Kier alpha value is -1.67. The molecule has 1 rings (SSSR count). The van der Waals surface area contributed by atoms with E-state index >= 15 is 0 Å². The highest BCUT2D eigenvalue weighted by Crippen LogP contribution is 2.20. The molecule has 0 spiro atoms. The Morgan fingerprint density at radius 3 is 3.07 bits per heavy atom. The Labute approximate surface area is 91.8 Å². The van der Waals surface area contributed by atoms with Crippen molar-refractivity contribution in [2.45, 2.75) is 13.8 Å². The van der Waals surface area contributed by atoms with Crippen molar-refractivity contribution in [2.75, 3.05) is 6.61 Å². The third kappa shape index (κ3) is 2.89. The molecule has 0 aliphatic carbocycles. The van der Waals surface area contributed by atoms with Gasteiger partial charge in [-0.2, -0.15) is 5.26 Å². The fourth-order valence-electron chi connectivity index (χ4n) is 0.983. The molecule has 1 aromatic heterocycles. The molecule has 0 fully saturated rings. The Morgan fingerprint density at radius 2 is 2.47 bits per heavy atom. The molecule has 5 heteroatoms. The number of thiazole rings is 1. The Morgan fingerprint density at radius 1 is 1.73 bits per heavy atom. The van der Waals surface area contributed by atoms with E-state index in [9.17, 15) is 4.79 Å². The van der Waals surface area contributed by atoms with E-state index < -0.39 is 0 Å². The van der Waals surface area contributed by atoms with Crippen LogP contribution in [-0.2, 0) is 4.74 Å². The van der Waals surface area contributed by atoms with Crippen molar-refractivity contribution in [3.8, 4) is 6.07 Å².